The molecule has 0 atom stereocenters. The number of rotatable bonds is 8. The molecule has 8 heteroatoms. The molecule has 0 saturated carbocycles. The highest BCUT2D eigenvalue weighted by Gasteiger charge is 2.21. The van der Waals surface area contributed by atoms with Gasteiger partial charge in [0.2, 0.25) is 0 Å². The first-order valence-electron chi connectivity index (χ1n) is 10.6. The lowest BCUT2D eigenvalue weighted by molar-refractivity contribution is 0.0945. The summed E-state index contributed by atoms with van der Waals surface area (Å²) in [6.07, 6.45) is 0. The molecule has 1 N–H and O–H groups in total. The second kappa shape index (κ2) is 10.3. The number of amides is 1. The van der Waals surface area contributed by atoms with Crippen molar-refractivity contribution in [3.05, 3.63) is 48.0 Å². The summed E-state index contributed by atoms with van der Waals surface area (Å²) in [6, 6.07) is 13.9. The van der Waals surface area contributed by atoms with Gasteiger partial charge in [0.1, 0.15) is 11.3 Å². The van der Waals surface area contributed by atoms with Gasteiger partial charge in [-0.05, 0) is 30.0 Å². The van der Waals surface area contributed by atoms with Crippen LogP contribution in [0.15, 0.2) is 47.4 Å². The molecule has 0 aliphatic carbocycles. The maximum absolute atomic E-state index is 12.6. The van der Waals surface area contributed by atoms with E-state index in [0.717, 1.165) is 70.0 Å². The molecule has 1 saturated heterocycles. The van der Waals surface area contributed by atoms with Crippen molar-refractivity contribution in [2.24, 2.45) is 0 Å². The number of nitrogens with zero attached hydrogens (tertiary/aromatic N) is 3. The fourth-order valence-electron chi connectivity index (χ4n) is 3.73. The molecular formula is C23H28N4O2S2. The highest BCUT2D eigenvalue weighted by molar-refractivity contribution is 7.99. The van der Waals surface area contributed by atoms with Crippen molar-refractivity contribution < 1.29 is 9.53 Å². The Kier molecular flexibility index (Phi) is 7.32. The van der Waals surface area contributed by atoms with E-state index in [-0.39, 0.29) is 5.91 Å². The Morgan fingerprint density at radius 1 is 1.16 bits per heavy atom. The van der Waals surface area contributed by atoms with E-state index in [0.29, 0.717) is 6.54 Å². The quantitative estimate of drug-likeness (QED) is 0.518. The number of thioether (sulfide) groups is 1. The molecule has 0 unspecified atom stereocenters. The van der Waals surface area contributed by atoms with Crippen LogP contribution in [-0.2, 0) is 0 Å². The zero-order chi connectivity index (χ0) is 21.6. The number of anilines is 1. The number of piperazine rings is 1. The second-order valence-electron chi connectivity index (χ2n) is 7.32. The second-order valence-corrected chi connectivity index (χ2v) is 9.63. The first-order valence-corrected chi connectivity index (χ1v) is 12.4. The lowest BCUT2D eigenvalue weighted by Crippen LogP contribution is -2.48. The van der Waals surface area contributed by atoms with Gasteiger partial charge < -0.3 is 15.0 Å². The monoisotopic (exact) mass is 456 g/mol. The number of carbonyl (C=O) groups is 1. The summed E-state index contributed by atoms with van der Waals surface area (Å²) in [4.78, 5) is 23.2. The fraction of sp³-hybridized carbons (Fsp3) is 0.391. The smallest absolute Gasteiger partial charge is 0.252 e. The van der Waals surface area contributed by atoms with Crippen LogP contribution >= 0.6 is 23.1 Å². The highest BCUT2D eigenvalue weighted by atomic mass is 32.2. The fourth-order valence-corrected chi connectivity index (χ4v) is 5.57. The van der Waals surface area contributed by atoms with E-state index >= 15 is 0 Å². The number of carbonyl (C=O) groups excluding carboxylic acids is 1. The Hall–Kier alpha value is -2.29. The Balaban J connectivity index is 1.27. The number of para-hydroxylation sites is 1. The molecule has 0 spiro atoms. The molecule has 164 valence electrons. The van der Waals surface area contributed by atoms with E-state index < -0.39 is 0 Å². The number of methoxy groups -OCH3 is 1. The number of ether oxygens (including phenoxy) is 1. The standard InChI is InChI=1S/C23H28N4O2S2/c1-3-30-19-9-5-4-7-17(19)22(28)24-11-12-26-13-15-27(16-14-26)23-25-21-18(29-2)8-6-10-20(21)31-23/h4-10H,3,11-16H2,1-2H3,(H,24,28). The van der Waals surface area contributed by atoms with E-state index in [2.05, 4.69) is 28.1 Å². The van der Waals surface area contributed by atoms with Gasteiger partial charge in [0.05, 0.1) is 17.4 Å². The van der Waals surface area contributed by atoms with Crippen LogP contribution in [0.2, 0.25) is 0 Å². The number of fused-ring (bicyclic) bond motifs is 1. The van der Waals surface area contributed by atoms with Crippen LogP contribution in [0.4, 0.5) is 5.13 Å². The summed E-state index contributed by atoms with van der Waals surface area (Å²) in [5.74, 6) is 1.79. The maximum atomic E-state index is 12.6. The van der Waals surface area contributed by atoms with Gasteiger partial charge in [0.15, 0.2) is 5.13 Å². The van der Waals surface area contributed by atoms with Crippen LogP contribution in [0.1, 0.15) is 17.3 Å². The molecule has 1 amide bonds. The van der Waals surface area contributed by atoms with E-state index in [9.17, 15) is 4.79 Å². The highest BCUT2D eigenvalue weighted by Crippen LogP contribution is 2.34. The van der Waals surface area contributed by atoms with Gasteiger partial charge >= 0.3 is 0 Å². The SMILES string of the molecule is CCSc1ccccc1C(=O)NCCN1CCN(c2nc3c(OC)cccc3s2)CC1. The third-order valence-electron chi connectivity index (χ3n) is 5.38. The van der Waals surface area contributed by atoms with Crippen molar-refractivity contribution in [2.75, 3.05) is 57.0 Å². The van der Waals surface area contributed by atoms with E-state index in [1.54, 1.807) is 30.2 Å². The Labute approximate surface area is 191 Å². The van der Waals surface area contributed by atoms with Crippen LogP contribution in [-0.4, -0.2) is 67.9 Å². The molecular weight excluding hydrogens is 428 g/mol. The molecule has 0 radical (unpaired) electrons. The minimum absolute atomic E-state index is 0.0126. The lowest BCUT2D eigenvalue weighted by Gasteiger charge is -2.34. The summed E-state index contributed by atoms with van der Waals surface area (Å²) in [6.45, 7) is 7.41. The van der Waals surface area contributed by atoms with Gasteiger partial charge in [-0.2, -0.15) is 0 Å². The number of hydrogen-bond donors (Lipinski definition) is 1. The molecule has 6 nitrogen and oxygen atoms in total. The number of aromatic nitrogens is 1. The van der Waals surface area contributed by atoms with Crippen LogP contribution in [0.3, 0.4) is 0 Å². The first kappa shape index (κ1) is 21.9. The minimum Gasteiger partial charge on any atom is -0.494 e. The normalized spacial score (nSPS) is 14.7. The van der Waals surface area contributed by atoms with Crippen LogP contribution in [0.5, 0.6) is 5.75 Å². The molecule has 1 aromatic heterocycles. The number of nitrogens with one attached hydrogen (secondary N) is 1. The summed E-state index contributed by atoms with van der Waals surface area (Å²) >= 11 is 3.42. The third kappa shape index (κ3) is 5.14. The molecule has 2 heterocycles. The van der Waals surface area contributed by atoms with E-state index in [1.165, 1.54) is 0 Å². The van der Waals surface area contributed by atoms with Gasteiger partial charge in [-0.25, -0.2) is 4.98 Å². The van der Waals surface area contributed by atoms with E-state index in [4.69, 9.17) is 9.72 Å². The molecule has 4 rings (SSSR count). The predicted molar refractivity (Wildman–Crippen MR) is 130 cm³/mol. The van der Waals surface area contributed by atoms with Gasteiger partial charge in [-0.15, -0.1) is 11.8 Å². The van der Waals surface area contributed by atoms with Crippen molar-refractivity contribution in [1.29, 1.82) is 0 Å². The maximum Gasteiger partial charge on any atom is 0.252 e. The van der Waals surface area contributed by atoms with Crippen LogP contribution in [0, 0.1) is 0 Å². The van der Waals surface area contributed by atoms with Crippen molar-refractivity contribution in [2.45, 2.75) is 11.8 Å². The first-order chi connectivity index (χ1) is 15.2. The van der Waals surface area contributed by atoms with Crippen molar-refractivity contribution in [3.8, 4) is 5.75 Å². The topological polar surface area (TPSA) is 57.7 Å². The van der Waals surface area contributed by atoms with E-state index in [1.807, 2.05) is 36.4 Å². The molecule has 1 aliphatic rings. The average molecular weight is 457 g/mol. The minimum atomic E-state index is 0.0126. The van der Waals surface area contributed by atoms with Crippen LogP contribution in [0.25, 0.3) is 10.2 Å². The van der Waals surface area contributed by atoms with Gasteiger partial charge in [0.25, 0.3) is 5.91 Å². The molecule has 31 heavy (non-hydrogen) atoms. The molecule has 2 aromatic carbocycles. The predicted octanol–water partition coefficient (Wildman–Crippen LogP) is 3.97. The summed E-state index contributed by atoms with van der Waals surface area (Å²) in [7, 11) is 1.69. The summed E-state index contributed by atoms with van der Waals surface area (Å²) < 4.78 is 6.60. The van der Waals surface area contributed by atoms with Gasteiger partial charge in [-0.3, -0.25) is 9.69 Å². The molecule has 0 bridgehead atoms. The zero-order valence-corrected chi connectivity index (χ0v) is 19.6. The Morgan fingerprint density at radius 3 is 2.74 bits per heavy atom. The largest absolute Gasteiger partial charge is 0.494 e. The summed E-state index contributed by atoms with van der Waals surface area (Å²) in [5, 5.41) is 4.14. The molecule has 1 fully saturated rings. The Morgan fingerprint density at radius 2 is 1.97 bits per heavy atom. The average Bonchev–Trinajstić information content (AvgIpc) is 3.24. The van der Waals surface area contributed by atoms with Crippen LogP contribution < -0.4 is 15.0 Å². The van der Waals surface area contributed by atoms with Gasteiger partial charge in [-0.1, -0.05) is 36.5 Å². The van der Waals surface area contributed by atoms with Gasteiger partial charge in [0, 0.05) is 44.2 Å². The zero-order valence-electron chi connectivity index (χ0n) is 18.0. The van der Waals surface area contributed by atoms with Crippen molar-refractivity contribution in [1.82, 2.24) is 15.2 Å². The number of hydrogen-bond acceptors (Lipinski definition) is 7. The molecule has 1 aliphatic heterocycles. The van der Waals surface area contributed by atoms with Crippen molar-refractivity contribution >= 4 is 44.4 Å². The molecule has 3 aromatic rings. The Bertz CT molecular complexity index is 1030. The van der Waals surface area contributed by atoms with Crippen molar-refractivity contribution in [3.63, 3.8) is 0 Å². The number of thiazole rings is 1. The third-order valence-corrected chi connectivity index (χ3v) is 7.42. The summed E-state index contributed by atoms with van der Waals surface area (Å²) in [5.41, 5.74) is 1.71. The lowest BCUT2D eigenvalue weighted by atomic mass is 10.2. The number of benzene rings is 2.